The number of piperidine rings is 1. The number of amides is 4. The molecule has 1 unspecified atom stereocenters. The molecule has 3 rings (SSSR count). The Bertz CT molecular complexity index is 1020. The molecule has 1 atom stereocenters. The van der Waals surface area contributed by atoms with Gasteiger partial charge in [-0.2, -0.15) is 0 Å². The molecular weight excluding hydrogens is 506 g/mol. The van der Waals surface area contributed by atoms with Crippen molar-refractivity contribution in [1.82, 2.24) is 10.2 Å². The van der Waals surface area contributed by atoms with Crippen molar-refractivity contribution in [3.05, 3.63) is 29.3 Å². The quantitative estimate of drug-likeness (QED) is 0.130. The van der Waals surface area contributed by atoms with E-state index in [-0.39, 0.29) is 50.2 Å². The van der Waals surface area contributed by atoms with Crippen LogP contribution in [-0.2, 0) is 38.2 Å². The number of ether oxygens (including phenoxy) is 4. The summed E-state index contributed by atoms with van der Waals surface area (Å²) in [5, 5.41) is 10.6. The Morgan fingerprint density at radius 2 is 1.45 bits per heavy atom. The van der Waals surface area contributed by atoms with Crippen LogP contribution in [0.15, 0.2) is 18.2 Å². The maximum Gasteiger partial charge on any atom is 0.305 e. The predicted octanol–water partition coefficient (Wildman–Crippen LogP) is -0.0276. The molecule has 14 nitrogen and oxygen atoms in total. The van der Waals surface area contributed by atoms with Gasteiger partial charge < -0.3 is 24.1 Å². The molecule has 0 spiro atoms. The molecule has 0 bridgehead atoms. The number of carboxylic acids is 1. The van der Waals surface area contributed by atoms with Gasteiger partial charge in [0.2, 0.25) is 11.8 Å². The molecule has 1 aromatic rings. The number of aliphatic carboxylic acids is 1. The van der Waals surface area contributed by atoms with Gasteiger partial charge in [0.15, 0.2) is 0 Å². The van der Waals surface area contributed by atoms with Gasteiger partial charge >= 0.3 is 5.97 Å². The number of imide groups is 2. The SMILES string of the molecule is O=C(O)CCOCCOCCOCCOCCONc1ccc2c(c1)C(=O)N(C1CCC(=O)NC1=O)C2=O. The first-order valence-electron chi connectivity index (χ1n) is 12.1. The highest BCUT2D eigenvalue weighted by Gasteiger charge is 2.44. The Kier molecular flexibility index (Phi) is 11.6. The van der Waals surface area contributed by atoms with E-state index in [1.54, 1.807) is 6.07 Å². The van der Waals surface area contributed by atoms with Crippen LogP contribution in [0.2, 0.25) is 0 Å². The highest BCUT2D eigenvalue weighted by molar-refractivity contribution is 6.23. The normalized spacial score (nSPS) is 17.1. The number of hydrogen-bond acceptors (Lipinski definition) is 11. The molecule has 1 fully saturated rings. The average molecular weight is 538 g/mol. The summed E-state index contributed by atoms with van der Waals surface area (Å²) in [4.78, 5) is 65.6. The van der Waals surface area contributed by atoms with E-state index in [4.69, 9.17) is 28.9 Å². The van der Waals surface area contributed by atoms with E-state index in [0.717, 1.165) is 4.90 Å². The monoisotopic (exact) mass is 537 g/mol. The van der Waals surface area contributed by atoms with Crippen molar-refractivity contribution in [2.75, 3.05) is 64.9 Å². The highest BCUT2D eigenvalue weighted by Crippen LogP contribution is 2.29. The lowest BCUT2D eigenvalue weighted by molar-refractivity contribution is -0.138. The zero-order valence-electron chi connectivity index (χ0n) is 20.8. The number of fused-ring (bicyclic) bond motifs is 1. The standard InChI is InChI=1S/C24H31N3O11/c28-20-4-3-19(22(31)25-20)27-23(32)17-2-1-16(15-18(17)24(27)33)26-38-14-13-37-12-11-36-10-9-35-8-7-34-6-5-21(29)30/h1-2,15,19,26H,3-14H2,(H,29,30)(H,25,28,31). The van der Waals surface area contributed by atoms with Gasteiger partial charge in [-0.3, -0.25) is 44.5 Å². The first kappa shape index (κ1) is 29.1. The van der Waals surface area contributed by atoms with Gasteiger partial charge in [-0.15, -0.1) is 0 Å². The molecule has 0 radical (unpaired) electrons. The third-order valence-corrected chi connectivity index (χ3v) is 5.54. The van der Waals surface area contributed by atoms with Crippen molar-refractivity contribution in [3.63, 3.8) is 0 Å². The Labute approximate surface area is 218 Å². The fourth-order valence-corrected chi connectivity index (χ4v) is 3.69. The Balaban J connectivity index is 1.24. The first-order chi connectivity index (χ1) is 18.4. The zero-order valence-corrected chi connectivity index (χ0v) is 20.8. The number of anilines is 1. The fourth-order valence-electron chi connectivity index (χ4n) is 3.69. The fraction of sp³-hybridized carbons (Fsp3) is 0.542. The molecule has 0 aliphatic carbocycles. The second-order valence-corrected chi connectivity index (χ2v) is 8.25. The zero-order chi connectivity index (χ0) is 27.3. The molecular formula is C24H31N3O11. The molecule has 2 heterocycles. The van der Waals surface area contributed by atoms with Crippen LogP contribution in [0.3, 0.4) is 0 Å². The number of carbonyl (C=O) groups is 5. The third-order valence-electron chi connectivity index (χ3n) is 5.54. The summed E-state index contributed by atoms with van der Waals surface area (Å²) < 4.78 is 21.1. The summed E-state index contributed by atoms with van der Waals surface area (Å²) in [6.45, 7) is 2.83. The Hall–Kier alpha value is -3.43. The number of carboxylic acid groups (broad SMARTS) is 1. The second-order valence-electron chi connectivity index (χ2n) is 8.25. The van der Waals surface area contributed by atoms with Crippen molar-refractivity contribution >= 4 is 35.3 Å². The Morgan fingerprint density at radius 3 is 2.05 bits per heavy atom. The smallest absolute Gasteiger partial charge is 0.305 e. The number of nitrogens with zero attached hydrogens (tertiary/aromatic N) is 1. The van der Waals surface area contributed by atoms with Crippen molar-refractivity contribution in [2.45, 2.75) is 25.3 Å². The van der Waals surface area contributed by atoms with Crippen LogP contribution in [0.1, 0.15) is 40.0 Å². The van der Waals surface area contributed by atoms with Crippen LogP contribution in [-0.4, -0.2) is 105 Å². The largest absolute Gasteiger partial charge is 0.481 e. The van der Waals surface area contributed by atoms with Gasteiger partial charge in [0.05, 0.1) is 82.7 Å². The maximum absolute atomic E-state index is 12.8. The van der Waals surface area contributed by atoms with Crippen LogP contribution >= 0.6 is 0 Å². The van der Waals surface area contributed by atoms with E-state index in [1.807, 2.05) is 0 Å². The van der Waals surface area contributed by atoms with Gasteiger partial charge in [0.25, 0.3) is 11.8 Å². The molecule has 3 N–H and O–H groups in total. The molecule has 1 saturated heterocycles. The van der Waals surface area contributed by atoms with Crippen LogP contribution < -0.4 is 10.8 Å². The lowest BCUT2D eigenvalue weighted by atomic mass is 10.0. The number of hydrogen-bond donors (Lipinski definition) is 3. The molecule has 2 aliphatic heterocycles. The van der Waals surface area contributed by atoms with Crippen LogP contribution in [0, 0.1) is 0 Å². The van der Waals surface area contributed by atoms with Gasteiger partial charge in [-0.05, 0) is 24.6 Å². The summed E-state index contributed by atoms with van der Waals surface area (Å²) in [6.07, 6.45) is 0.117. The van der Waals surface area contributed by atoms with Crippen molar-refractivity contribution in [2.24, 2.45) is 0 Å². The minimum atomic E-state index is -1.02. The number of nitrogens with one attached hydrogen (secondary N) is 2. The summed E-state index contributed by atoms with van der Waals surface area (Å²) >= 11 is 0. The summed E-state index contributed by atoms with van der Waals surface area (Å²) in [7, 11) is 0. The molecule has 4 amide bonds. The Morgan fingerprint density at radius 1 is 0.868 bits per heavy atom. The van der Waals surface area contributed by atoms with Gasteiger partial charge in [0, 0.05) is 6.42 Å². The van der Waals surface area contributed by atoms with Crippen LogP contribution in [0.4, 0.5) is 5.69 Å². The molecule has 208 valence electrons. The van der Waals surface area contributed by atoms with Crippen LogP contribution in [0.25, 0.3) is 0 Å². The van der Waals surface area contributed by atoms with Crippen LogP contribution in [0.5, 0.6) is 0 Å². The van der Waals surface area contributed by atoms with E-state index in [2.05, 4.69) is 10.8 Å². The topological polar surface area (TPSA) is 179 Å². The molecule has 0 aromatic heterocycles. The van der Waals surface area contributed by atoms with Crippen molar-refractivity contribution < 1.29 is 52.9 Å². The van der Waals surface area contributed by atoms with E-state index in [9.17, 15) is 24.0 Å². The average Bonchev–Trinajstić information content (AvgIpc) is 3.13. The number of benzene rings is 1. The van der Waals surface area contributed by atoms with Crippen molar-refractivity contribution in [1.29, 1.82) is 0 Å². The summed E-state index contributed by atoms with van der Waals surface area (Å²) in [5.74, 6) is -3.16. The third kappa shape index (κ3) is 8.56. The van der Waals surface area contributed by atoms with E-state index < -0.39 is 35.6 Å². The molecule has 0 saturated carbocycles. The van der Waals surface area contributed by atoms with E-state index in [0.29, 0.717) is 45.3 Å². The molecule has 38 heavy (non-hydrogen) atoms. The van der Waals surface area contributed by atoms with Gasteiger partial charge in [-0.25, -0.2) is 0 Å². The van der Waals surface area contributed by atoms with Gasteiger partial charge in [-0.1, -0.05) is 0 Å². The number of rotatable bonds is 18. The lowest BCUT2D eigenvalue weighted by Crippen LogP contribution is -2.54. The van der Waals surface area contributed by atoms with E-state index in [1.165, 1.54) is 12.1 Å². The second kappa shape index (κ2) is 15.1. The first-order valence-corrected chi connectivity index (χ1v) is 12.1. The predicted molar refractivity (Wildman–Crippen MR) is 128 cm³/mol. The molecule has 2 aliphatic rings. The van der Waals surface area contributed by atoms with E-state index >= 15 is 0 Å². The molecule has 14 heteroatoms. The summed E-state index contributed by atoms with van der Waals surface area (Å²) in [6, 6.07) is 3.52. The minimum absolute atomic E-state index is 0.0333. The lowest BCUT2D eigenvalue weighted by Gasteiger charge is -2.27. The molecule has 1 aromatic carbocycles. The summed E-state index contributed by atoms with van der Waals surface area (Å²) in [5.41, 5.74) is 3.48. The highest BCUT2D eigenvalue weighted by atomic mass is 16.7. The van der Waals surface area contributed by atoms with Crippen molar-refractivity contribution in [3.8, 4) is 0 Å². The minimum Gasteiger partial charge on any atom is -0.481 e. The maximum atomic E-state index is 12.8. The number of carbonyl (C=O) groups excluding carboxylic acids is 4. The van der Waals surface area contributed by atoms with Gasteiger partial charge in [0.1, 0.15) is 6.04 Å².